The van der Waals surface area contributed by atoms with Crippen LogP contribution in [0.2, 0.25) is 0 Å². The summed E-state index contributed by atoms with van der Waals surface area (Å²) in [6.45, 7) is 9.05. The molecule has 0 fully saturated rings. The molecule has 0 aromatic heterocycles. The van der Waals surface area contributed by atoms with Gasteiger partial charge in [-0.25, -0.2) is 0 Å². The van der Waals surface area contributed by atoms with Crippen molar-refractivity contribution in [2.45, 2.75) is 40.5 Å². The zero-order chi connectivity index (χ0) is 23.5. The van der Waals surface area contributed by atoms with Crippen LogP contribution in [0.1, 0.15) is 40.5 Å². The van der Waals surface area contributed by atoms with Crippen LogP contribution in [0.4, 0.5) is 0 Å². The lowest BCUT2D eigenvalue weighted by Gasteiger charge is -2.23. The molecule has 2 aromatic carbocycles. The largest absolute Gasteiger partial charge is 0.426 e. The smallest absolute Gasteiger partial charge is 0.316 e. The molecule has 2 rings (SSSR count). The Morgan fingerprint density at radius 2 is 0.938 bits per heavy atom. The number of para-hydroxylation sites is 2. The third-order valence-corrected chi connectivity index (χ3v) is 5.13. The molecule has 0 aliphatic carbocycles. The first-order valence-corrected chi connectivity index (χ1v) is 10.9. The van der Waals surface area contributed by atoms with Crippen LogP contribution >= 0.6 is 0 Å². The van der Waals surface area contributed by atoms with E-state index in [9.17, 15) is 9.59 Å². The van der Waals surface area contributed by atoms with Gasteiger partial charge in [0.25, 0.3) is 0 Å². The summed E-state index contributed by atoms with van der Waals surface area (Å²) in [5.74, 6) is 0.507. The molecule has 0 radical (unpaired) electrons. The van der Waals surface area contributed by atoms with Crippen LogP contribution in [-0.4, -0.2) is 38.4 Å². The van der Waals surface area contributed by atoms with Gasteiger partial charge in [0.1, 0.15) is 11.5 Å². The second kappa shape index (κ2) is 12.4. The fourth-order valence-corrected chi connectivity index (χ4v) is 2.65. The maximum absolute atomic E-state index is 12.4. The van der Waals surface area contributed by atoms with Crippen LogP contribution in [0.5, 0.6) is 11.5 Å². The van der Waals surface area contributed by atoms with Crippen molar-refractivity contribution in [2.75, 3.05) is 26.4 Å². The molecule has 0 aliphatic rings. The summed E-state index contributed by atoms with van der Waals surface area (Å²) in [4.78, 5) is 24.7. The molecule has 0 amide bonds. The molecule has 2 aromatic rings. The lowest BCUT2D eigenvalue weighted by Crippen LogP contribution is -2.31. The summed E-state index contributed by atoms with van der Waals surface area (Å²) in [5.41, 5.74) is -1.31. The van der Waals surface area contributed by atoms with Crippen molar-refractivity contribution < 1.29 is 28.5 Å². The predicted octanol–water partition coefficient (Wildman–Crippen LogP) is 5.06. The van der Waals surface area contributed by atoms with Crippen molar-refractivity contribution >= 4 is 11.9 Å². The maximum Gasteiger partial charge on any atom is 0.316 e. The second-order valence-corrected chi connectivity index (χ2v) is 8.90. The van der Waals surface area contributed by atoms with Gasteiger partial charge in [-0.2, -0.15) is 0 Å². The molecule has 0 heterocycles. The van der Waals surface area contributed by atoms with Gasteiger partial charge < -0.3 is 18.9 Å². The van der Waals surface area contributed by atoms with Gasteiger partial charge in [-0.3, -0.25) is 9.59 Å². The highest BCUT2D eigenvalue weighted by Crippen LogP contribution is 2.25. The number of carbonyl (C=O) groups is 2. The molecule has 0 saturated carbocycles. The number of rotatable bonds is 13. The Labute approximate surface area is 190 Å². The van der Waals surface area contributed by atoms with Crippen LogP contribution in [0, 0.1) is 10.8 Å². The molecule has 0 aliphatic heterocycles. The van der Waals surface area contributed by atoms with Crippen LogP contribution in [0.25, 0.3) is 0 Å². The third-order valence-electron chi connectivity index (χ3n) is 5.13. The highest BCUT2D eigenvalue weighted by molar-refractivity contribution is 5.78. The Hall–Kier alpha value is -2.70. The van der Waals surface area contributed by atoms with E-state index < -0.39 is 10.8 Å². The highest BCUT2D eigenvalue weighted by atomic mass is 16.5. The Morgan fingerprint density at radius 1 is 0.594 bits per heavy atom. The summed E-state index contributed by atoms with van der Waals surface area (Å²) in [6, 6.07) is 18.1. The van der Waals surface area contributed by atoms with E-state index in [0.29, 0.717) is 50.8 Å². The van der Waals surface area contributed by atoms with Gasteiger partial charge in [0, 0.05) is 13.2 Å². The van der Waals surface area contributed by atoms with Gasteiger partial charge in [0.15, 0.2) is 0 Å². The Kier molecular flexibility index (Phi) is 9.88. The normalized spacial score (nSPS) is 11.8. The average molecular weight is 443 g/mol. The molecule has 0 saturated heterocycles. The van der Waals surface area contributed by atoms with E-state index in [-0.39, 0.29) is 11.9 Å². The van der Waals surface area contributed by atoms with Crippen molar-refractivity contribution in [1.82, 2.24) is 0 Å². The highest BCUT2D eigenvalue weighted by Gasteiger charge is 2.30. The first kappa shape index (κ1) is 25.6. The van der Waals surface area contributed by atoms with Crippen molar-refractivity contribution in [3.05, 3.63) is 60.7 Å². The van der Waals surface area contributed by atoms with E-state index >= 15 is 0 Å². The fourth-order valence-electron chi connectivity index (χ4n) is 2.65. The van der Waals surface area contributed by atoms with Crippen molar-refractivity contribution in [2.24, 2.45) is 10.8 Å². The zero-order valence-corrected chi connectivity index (χ0v) is 19.5. The summed E-state index contributed by atoms with van der Waals surface area (Å²) < 4.78 is 22.1. The van der Waals surface area contributed by atoms with E-state index in [4.69, 9.17) is 18.9 Å². The number of carbonyl (C=O) groups excluding carboxylic acids is 2. The molecule has 6 nitrogen and oxygen atoms in total. The number of hydrogen-bond acceptors (Lipinski definition) is 6. The van der Waals surface area contributed by atoms with E-state index in [2.05, 4.69) is 0 Å². The van der Waals surface area contributed by atoms with Gasteiger partial charge >= 0.3 is 11.9 Å². The van der Waals surface area contributed by atoms with Gasteiger partial charge in [-0.05, 0) is 64.8 Å². The monoisotopic (exact) mass is 442 g/mol. The molecular weight excluding hydrogens is 408 g/mol. The summed E-state index contributed by atoms with van der Waals surface area (Å²) in [5, 5.41) is 0. The molecule has 0 N–H and O–H groups in total. The molecule has 0 atom stereocenters. The number of hydrogen-bond donors (Lipinski definition) is 0. The minimum absolute atomic E-state index is 0.284. The number of benzene rings is 2. The van der Waals surface area contributed by atoms with E-state index in [0.717, 1.165) is 0 Å². The minimum atomic E-state index is -0.653. The molecule has 0 unspecified atom stereocenters. The lowest BCUT2D eigenvalue weighted by atomic mass is 9.90. The van der Waals surface area contributed by atoms with Crippen LogP contribution in [-0.2, 0) is 19.1 Å². The Bertz CT molecular complexity index is 758. The number of ether oxygens (including phenoxy) is 4. The van der Waals surface area contributed by atoms with Crippen LogP contribution < -0.4 is 9.47 Å². The zero-order valence-electron chi connectivity index (χ0n) is 19.5. The minimum Gasteiger partial charge on any atom is -0.426 e. The van der Waals surface area contributed by atoms with Crippen LogP contribution in [0.3, 0.4) is 0 Å². The Morgan fingerprint density at radius 3 is 1.28 bits per heavy atom. The van der Waals surface area contributed by atoms with Gasteiger partial charge in [0.05, 0.1) is 24.0 Å². The van der Waals surface area contributed by atoms with E-state index in [1.54, 1.807) is 24.3 Å². The maximum atomic E-state index is 12.4. The van der Waals surface area contributed by atoms with Crippen molar-refractivity contribution in [1.29, 1.82) is 0 Å². The van der Waals surface area contributed by atoms with Gasteiger partial charge in [0.2, 0.25) is 0 Å². The van der Waals surface area contributed by atoms with Gasteiger partial charge in [-0.15, -0.1) is 0 Å². The van der Waals surface area contributed by atoms with Gasteiger partial charge in [-0.1, -0.05) is 36.4 Å². The second-order valence-electron chi connectivity index (χ2n) is 8.90. The topological polar surface area (TPSA) is 71.1 Å². The average Bonchev–Trinajstić information content (AvgIpc) is 2.77. The summed E-state index contributed by atoms with van der Waals surface area (Å²) in [6.07, 6.45) is 1.08. The SMILES string of the molecule is CC(C)(CCOCCOCCC(C)(C)C(=O)Oc1ccccc1)C(=O)Oc1ccccc1. The van der Waals surface area contributed by atoms with E-state index in [1.165, 1.54) is 0 Å². The summed E-state index contributed by atoms with van der Waals surface area (Å²) in [7, 11) is 0. The first-order chi connectivity index (χ1) is 15.2. The first-order valence-electron chi connectivity index (χ1n) is 10.9. The third kappa shape index (κ3) is 8.81. The lowest BCUT2D eigenvalue weighted by molar-refractivity contribution is -0.146. The van der Waals surface area contributed by atoms with E-state index in [1.807, 2.05) is 64.1 Å². The Balaban J connectivity index is 1.57. The van der Waals surface area contributed by atoms with Crippen molar-refractivity contribution in [3.8, 4) is 11.5 Å². The number of esters is 2. The quantitative estimate of drug-likeness (QED) is 0.245. The molecule has 0 spiro atoms. The standard InChI is InChI=1S/C26H34O6/c1-25(2,23(27)31-21-11-7-5-8-12-21)15-17-29-19-20-30-18-16-26(3,4)24(28)32-22-13-9-6-10-14-22/h5-14H,15-20H2,1-4H3. The van der Waals surface area contributed by atoms with Crippen molar-refractivity contribution in [3.63, 3.8) is 0 Å². The predicted molar refractivity (Wildman–Crippen MR) is 123 cm³/mol. The molecule has 6 heteroatoms. The van der Waals surface area contributed by atoms with Crippen LogP contribution in [0.15, 0.2) is 60.7 Å². The molecule has 0 bridgehead atoms. The molecule has 174 valence electrons. The molecular formula is C26H34O6. The summed E-state index contributed by atoms with van der Waals surface area (Å²) >= 11 is 0. The molecule has 32 heavy (non-hydrogen) atoms. The fraction of sp³-hybridized carbons (Fsp3) is 0.462.